The van der Waals surface area contributed by atoms with E-state index in [2.05, 4.69) is 33.5 Å². The summed E-state index contributed by atoms with van der Waals surface area (Å²) in [4.78, 5) is 35.1. The average Bonchev–Trinajstić information content (AvgIpc) is 2.76. The Labute approximate surface area is 189 Å². The van der Waals surface area contributed by atoms with Gasteiger partial charge in [-0.05, 0) is 54.5 Å². The number of hydroxylamine groups is 2. The number of hydrogen-bond donors (Lipinski definition) is 1. The van der Waals surface area contributed by atoms with Crippen LogP contribution in [0.2, 0.25) is 0 Å². The van der Waals surface area contributed by atoms with E-state index in [9.17, 15) is 28.0 Å². The molecular weight excluding hydrogens is 441 g/mol. The molecule has 0 radical (unpaired) electrons. The molecule has 0 saturated carbocycles. The summed E-state index contributed by atoms with van der Waals surface area (Å²) in [7, 11) is 0. The summed E-state index contributed by atoms with van der Waals surface area (Å²) in [5.41, 5.74) is 1.97. The fourth-order valence-corrected chi connectivity index (χ4v) is 3.90. The summed E-state index contributed by atoms with van der Waals surface area (Å²) < 4.78 is 36.6. The molecule has 1 aliphatic heterocycles. The van der Waals surface area contributed by atoms with Gasteiger partial charge in [-0.25, -0.2) is 4.79 Å². The molecule has 0 aliphatic carbocycles. The van der Waals surface area contributed by atoms with Crippen molar-refractivity contribution in [1.29, 1.82) is 0 Å². The van der Waals surface area contributed by atoms with Gasteiger partial charge in [0.05, 0.1) is 0 Å². The molecule has 2 aromatic rings. The maximum atomic E-state index is 12.2. The number of halogens is 3. The van der Waals surface area contributed by atoms with Gasteiger partial charge < -0.3 is 4.84 Å². The number of rotatable bonds is 5. The van der Waals surface area contributed by atoms with Crippen LogP contribution in [-0.2, 0) is 22.7 Å². The van der Waals surface area contributed by atoms with E-state index < -0.39 is 23.3 Å². The van der Waals surface area contributed by atoms with Crippen molar-refractivity contribution in [3.8, 4) is 0 Å². The molecule has 0 bridgehead atoms. The highest BCUT2D eigenvalue weighted by atomic mass is 19.4. The first-order valence-corrected chi connectivity index (χ1v) is 10.3. The number of aromatic nitrogens is 1. The third-order valence-electron chi connectivity index (χ3n) is 5.47. The fraction of sp³-hybridized carbons (Fsp3) is 0.409. The zero-order chi connectivity index (χ0) is 24.2. The summed E-state index contributed by atoms with van der Waals surface area (Å²) in [6.07, 6.45) is -1.76. The molecule has 1 fully saturated rings. The van der Waals surface area contributed by atoms with Crippen LogP contribution >= 0.6 is 0 Å². The predicted octanol–water partition coefficient (Wildman–Crippen LogP) is 3.03. The molecule has 8 nitrogen and oxygen atoms in total. The zero-order valence-electron chi connectivity index (χ0n) is 18.2. The third kappa shape index (κ3) is 6.50. The monoisotopic (exact) mass is 466 g/mol. The van der Waals surface area contributed by atoms with E-state index in [1.807, 2.05) is 12.1 Å². The molecular formula is C22H25F3N4O4. The Morgan fingerprint density at radius 1 is 1.03 bits per heavy atom. The largest absolute Gasteiger partial charge is 0.493 e. The van der Waals surface area contributed by atoms with Crippen molar-refractivity contribution in [3.05, 3.63) is 65.5 Å². The lowest BCUT2D eigenvalue weighted by molar-refractivity contribution is -0.301. The number of amides is 1. The van der Waals surface area contributed by atoms with Crippen LogP contribution < -0.4 is 0 Å². The molecule has 1 aromatic carbocycles. The van der Waals surface area contributed by atoms with Crippen LogP contribution in [0.1, 0.15) is 35.3 Å². The van der Waals surface area contributed by atoms with Crippen LogP contribution in [0.25, 0.3) is 0 Å². The Balaban J connectivity index is 1.55. The van der Waals surface area contributed by atoms with Crippen molar-refractivity contribution < 1.29 is 32.8 Å². The maximum absolute atomic E-state index is 12.2. The fourth-order valence-electron chi connectivity index (χ4n) is 3.90. The summed E-state index contributed by atoms with van der Waals surface area (Å²) >= 11 is 0. The van der Waals surface area contributed by atoms with Gasteiger partial charge in [-0.1, -0.05) is 12.1 Å². The number of carbonyl (C=O) groups excluding carboxylic acids is 2. The minimum atomic E-state index is -5.33. The molecule has 178 valence electrons. The van der Waals surface area contributed by atoms with Gasteiger partial charge in [-0.2, -0.15) is 13.2 Å². The second-order valence-corrected chi connectivity index (χ2v) is 8.07. The van der Waals surface area contributed by atoms with Gasteiger partial charge >= 0.3 is 18.1 Å². The van der Waals surface area contributed by atoms with Gasteiger partial charge in [0.15, 0.2) is 0 Å². The zero-order valence-corrected chi connectivity index (χ0v) is 18.2. The molecule has 1 saturated heterocycles. The first-order valence-electron chi connectivity index (χ1n) is 10.3. The average molecular weight is 466 g/mol. The molecule has 11 heteroatoms. The number of nitrogens with zero attached hydrogens (tertiary/aromatic N) is 4. The van der Waals surface area contributed by atoms with Crippen molar-refractivity contribution in [3.63, 3.8) is 0 Å². The Morgan fingerprint density at radius 3 is 2.12 bits per heavy atom. The van der Waals surface area contributed by atoms with E-state index in [4.69, 9.17) is 0 Å². The van der Waals surface area contributed by atoms with Gasteiger partial charge in [0.1, 0.15) is 0 Å². The Morgan fingerprint density at radius 2 is 1.58 bits per heavy atom. The Hall–Kier alpha value is -3.02. The molecule has 2 atom stereocenters. The van der Waals surface area contributed by atoms with Crippen LogP contribution in [-0.4, -0.2) is 68.4 Å². The van der Waals surface area contributed by atoms with Crippen molar-refractivity contribution in [2.24, 2.45) is 0 Å². The molecule has 2 heterocycles. The van der Waals surface area contributed by atoms with Gasteiger partial charge in [-0.3, -0.25) is 24.8 Å². The first kappa shape index (κ1) is 24.6. The highest BCUT2D eigenvalue weighted by Crippen LogP contribution is 2.21. The van der Waals surface area contributed by atoms with Crippen molar-refractivity contribution in [2.75, 3.05) is 13.1 Å². The highest BCUT2D eigenvalue weighted by Gasteiger charge is 2.43. The summed E-state index contributed by atoms with van der Waals surface area (Å²) in [6.45, 7) is 7.49. The number of alkyl halides is 3. The lowest BCUT2D eigenvalue weighted by Crippen LogP contribution is -2.55. The standard InChI is InChI=1S/C22H25F3N4O4/c1-15-11-27(12-16(2)28(15)14-18-7-9-26-10-8-18)13-17-3-5-19(6-4-17)20(30)29(32)33-21(31)22(23,24)25/h3-10,15-16,32H,11-14H2,1-2H3/t15-,16+. The van der Waals surface area contributed by atoms with E-state index in [1.165, 1.54) is 17.7 Å². The summed E-state index contributed by atoms with van der Waals surface area (Å²) in [5, 5.41) is 8.64. The molecule has 1 N–H and O–H groups in total. The molecule has 1 aliphatic rings. The Kier molecular flexibility index (Phi) is 7.67. The van der Waals surface area contributed by atoms with E-state index in [1.54, 1.807) is 24.5 Å². The Bertz CT molecular complexity index is 944. The van der Waals surface area contributed by atoms with E-state index in [-0.39, 0.29) is 5.56 Å². The smallest absolute Gasteiger partial charge is 0.302 e. The predicted molar refractivity (Wildman–Crippen MR) is 111 cm³/mol. The second-order valence-electron chi connectivity index (χ2n) is 8.07. The minimum absolute atomic E-state index is 0.125. The second kappa shape index (κ2) is 10.3. The number of hydrogen-bond acceptors (Lipinski definition) is 7. The molecule has 1 amide bonds. The third-order valence-corrected chi connectivity index (χ3v) is 5.47. The maximum Gasteiger partial charge on any atom is 0.493 e. The van der Waals surface area contributed by atoms with Crippen LogP contribution in [0.4, 0.5) is 13.2 Å². The summed E-state index contributed by atoms with van der Waals surface area (Å²) in [6, 6.07) is 10.6. The van der Waals surface area contributed by atoms with Gasteiger partial charge in [0.25, 0.3) is 0 Å². The van der Waals surface area contributed by atoms with E-state index in [0.717, 1.165) is 25.2 Å². The number of pyridine rings is 1. The van der Waals surface area contributed by atoms with Crippen molar-refractivity contribution in [2.45, 2.75) is 45.2 Å². The molecule has 0 spiro atoms. The SMILES string of the molecule is C[C@@H]1CN(Cc2ccc(C(=O)N(O)OC(=O)C(F)(F)F)cc2)C[C@H](C)N1Cc1ccncc1. The van der Waals surface area contributed by atoms with Crippen LogP contribution in [0.3, 0.4) is 0 Å². The number of piperazine rings is 1. The van der Waals surface area contributed by atoms with Gasteiger partial charge in [-0.15, -0.1) is 0 Å². The van der Waals surface area contributed by atoms with Crippen molar-refractivity contribution >= 4 is 11.9 Å². The van der Waals surface area contributed by atoms with Crippen molar-refractivity contribution in [1.82, 2.24) is 20.0 Å². The van der Waals surface area contributed by atoms with Crippen LogP contribution in [0.15, 0.2) is 48.8 Å². The lowest BCUT2D eigenvalue weighted by atomic mass is 10.0. The topological polar surface area (TPSA) is 86.2 Å². The number of carbonyl (C=O) groups is 2. The number of benzene rings is 1. The normalized spacial score (nSPS) is 19.8. The summed E-state index contributed by atoms with van der Waals surface area (Å²) in [5.74, 6) is -3.98. The molecule has 3 rings (SSSR count). The first-order chi connectivity index (χ1) is 15.5. The van der Waals surface area contributed by atoms with Gasteiger partial charge in [0, 0.05) is 56.2 Å². The molecule has 0 unspecified atom stereocenters. The van der Waals surface area contributed by atoms with E-state index in [0.29, 0.717) is 18.6 Å². The van der Waals surface area contributed by atoms with Crippen LogP contribution in [0.5, 0.6) is 0 Å². The minimum Gasteiger partial charge on any atom is -0.302 e. The molecule has 33 heavy (non-hydrogen) atoms. The quantitative estimate of drug-likeness (QED) is 0.536. The van der Waals surface area contributed by atoms with Crippen LogP contribution in [0, 0.1) is 0 Å². The lowest BCUT2D eigenvalue weighted by Gasteiger charge is -2.44. The molecule has 1 aromatic heterocycles. The highest BCUT2D eigenvalue weighted by molar-refractivity contribution is 5.93. The van der Waals surface area contributed by atoms with E-state index >= 15 is 0 Å². The van der Waals surface area contributed by atoms with Gasteiger partial charge in [0.2, 0.25) is 0 Å².